The fraction of sp³-hybridized carbons (Fsp3) is 0.529. The van der Waals surface area contributed by atoms with Crippen LogP contribution < -0.4 is 5.32 Å². The Hall–Kier alpha value is -1.57. The Labute approximate surface area is 153 Å². The van der Waals surface area contributed by atoms with E-state index in [-0.39, 0.29) is 31.3 Å². The Morgan fingerprint density at radius 3 is 2.31 bits per heavy atom. The quantitative estimate of drug-likeness (QED) is 0.544. The van der Waals surface area contributed by atoms with Crippen LogP contribution in [0.15, 0.2) is 24.3 Å². The molecule has 9 heteroatoms. The Kier molecular flexibility index (Phi) is 7.08. The van der Waals surface area contributed by atoms with Crippen molar-refractivity contribution < 1.29 is 28.0 Å². The molecular formula is C17H25N2O6P. The lowest BCUT2D eigenvalue weighted by Gasteiger charge is -2.25. The highest BCUT2D eigenvalue weighted by atomic mass is 31.2. The number of Topliss-reactive ketones (excluding diaryl/α,β-unsaturated/α-hetero) is 1. The molecule has 0 bridgehead atoms. The van der Waals surface area contributed by atoms with Crippen LogP contribution in [0, 0.1) is 0 Å². The summed E-state index contributed by atoms with van der Waals surface area (Å²) in [5.41, 5.74) is 1.11. The van der Waals surface area contributed by atoms with E-state index in [1.807, 2.05) is 0 Å². The summed E-state index contributed by atoms with van der Waals surface area (Å²) in [6.07, 6.45) is -0.628. The lowest BCUT2D eigenvalue weighted by molar-refractivity contribution is -0.155. The van der Waals surface area contributed by atoms with Crippen LogP contribution in [0.5, 0.6) is 0 Å². The van der Waals surface area contributed by atoms with Gasteiger partial charge >= 0.3 is 7.60 Å². The molecule has 2 rings (SSSR count). The minimum atomic E-state index is -3.42. The molecule has 1 saturated heterocycles. The number of anilines is 1. The number of benzene rings is 1. The molecule has 0 spiro atoms. The standard InChI is InChI=1S/C17H25N2O6P/c1-5-23-26(22,24-6-2)16-11-15(25-19(16)4)17(21)18-14-9-7-13(8-10-14)12(3)20/h7-10,15-16H,5-6,11H2,1-4H3,(H,18,21)/t15-,16+/m0/s1. The van der Waals surface area contributed by atoms with Gasteiger partial charge in [-0.05, 0) is 45.0 Å². The van der Waals surface area contributed by atoms with Crippen molar-refractivity contribution in [2.75, 3.05) is 25.6 Å². The van der Waals surface area contributed by atoms with E-state index in [2.05, 4.69) is 5.32 Å². The van der Waals surface area contributed by atoms with E-state index >= 15 is 0 Å². The van der Waals surface area contributed by atoms with Gasteiger partial charge in [0.15, 0.2) is 11.9 Å². The van der Waals surface area contributed by atoms with Crippen LogP contribution in [0.4, 0.5) is 5.69 Å². The van der Waals surface area contributed by atoms with Crippen molar-refractivity contribution in [3.05, 3.63) is 29.8 Å². The molecule has 1 aliphatic heterocycles. The zero-order valence-corrected chi connectivity index (χ0v) is 16.3. The van der Waals surface area contributed by atoms with Gasteiger partial charge in [-0.15, -0.1) is 0 Å². The molecule has 1 amide bonds. The van der Waals surface area contributed by atoms with E-state index in [9.17, 15) is 14.2 Å². The van der Waals surface area contributed by atoms with Crippen molar-refractivity contribution in [2.45, 2.75) is 39.1 Å². The fourth-order valence-electron chi connectivity index (χ4n) is 2.72. The van der Waals surface area contributed by atoms with Crippen LogP contribution >= 0.6 is 7.60 Å². The third kappa shape index (κ3) is 4.78. The maximum atomic E-state index is 12.9. The Morgan fingerprint density at radius 1 is 1.23 bits per heavy atom. The maximum Gasteiger partial charge on any atom is 0.350 e. The van der Waals surface area contributed by atoms with Gasteiger partial charge in [0, 0.05) is 24.7 Å². The highest BCUT2D eigenvalue weighted by molar-refractivity contribution is 7.54. The second kappa shape index (κ2) is 8.88. The molecule has 8 nitrogen and oxygen atoms in total. The van der Waals surface area contributed by atoms with Crippen molar-refractivity contribution in [2.24, 2.45) is 0 Å². The molecule has 0 aliphatic carbocycles. The monoisotopic (exact) mass is 384 g/mol. The normalized spacial score (nSPS) is 20.9. The molecule has 1 heterocycles. The number of ketones is 1. The van der Waals surface area contributed by atoms with Gasteiger partial charge in [-0.25, -0.2) is 0 Å². The Balaban J connectivity index is 2.04. The molecule has 1 aromatic rings. The van der Waals surface area contributed by atoms with Crippen molar-refractivity contribution in [1.29, 1.82) is 0 Å². The summed E-state index contributed by atoms with van der Waals surface area (Å²) in [4.78, 5) is 29.3. The molecule has 0 saturated carbocycles. The van der Waals surface area contributed by atoms with E-state index in [0.29, 0.717) is 11.3 Å². The smallest absolute Gasteiger partial charge is 0.324 e. The summed E-state index contributed by atoms with van der Waals surface area (Å²) < 4.78 is 23.6. The van der Waals surface area contributed by atoms with Crippen LogP contribution in [0.3, 0.4) is 0 Å². The molecule has 0 radical (unpaired) electrons. The number of carbonyl (C=O) groups excluding carboxylic acids is 2. The summed E-state index contributed by atoms with van der Waals surface area (Å²) in [7, 11) is -1.82. The minimum absolute atomic E-state index is 0.0472. The predicted molar refractivity (Wildman–Crippen MR) is 97.0 cm³/mol. The first kappa shape index (κ1) is 20.7. The molecule has 0 aromatic heterocycles. The number of nitrogens with zero attached hydrogens (tertiary/aromatic N) is 1. The van der Waals surface area contributed by atoms with Crippen molar-refractivity contribution in [3.63, 3.8) is 0 Å². The van der Waals surface area contributed by atoms with E-state index in [1.165, 1.54) is 12.0 Å². The van der Waals surface area contributed by atoms with E-state index in [4.69, 9.17) is 13.9 Å². The molecule has 1 aromatic carbocycles. The number of hydrogen-bond acceptors (Lipinski definition) is 7. The maximum absolute atomic E-state index is 12.9. The van der Waals surface area contributed by atoms with Gasteiger partial charge in [0.2, 0.25) is 0 Å². The zero-order valence-electron chi connectivity index (χ0n) is 15.4. The van der Waals surface area contributed by atoms with Gasteiger partial charge in [-0.1, -0.05) is 0 Å². The van der Waals surface area contributed by atoms with Gasteiger partial charge in [-0.3, -0.25) is 19.0 Å². The van der Waals surface area contributed by atoms with Gasteiger partial charge < -0.3 is 14.4 Å². The number of hydrogen-bond donors (Lipinski definition) is 1. The summed E-state index contributed by atoms with van der Waals surface area (Å²) in [6.45, 7) is 5.42. The summed E-state index contributed by atoms with van der Waals surface area (Å²) in [5.74, 6) is -1.07. The first-order valence-corrected chi connectivity index (χ1v) is 10.1. The van der Waals surface area contributed by atoms with Gasteiger partial charge in [0.25, 0.3) is 5.91 Å². The van der Waals surface area contributed by atoms with Crippen LogP contribution in [-0.2, 0) is 23.2 Å². The number of carbonyl (C=O) groups is 2. The third-order valence-corrected chi connectivity index (χ3v) is 6.47. The number of nitrogens with one attached hydrogen (secondary N) is 1. The van der Waals surface area contributed by atoms with Crippen LogP contribution in [-0.4, -0.2) is 48.9 Å². The molecule has 1 N–H and O–H groups in total. The van der Waals surface area contributed by atoms with Crippen LogP contribution in [0.25, 0.3) is 0 Å². The summed E-state index contributed by atoms with van der Waals surface area (Å²) in [5, 5.41) is 4.10. The van der Waals surface area contributed by atoms with E-state index < -0.39 is 19.5 Å². The van der Waals surface area contributed by atoms with E-state index in [1.54, 1.807) is 45.2 Å². The topological polar surface area (TPSA) is 94.2 Å². The second-order valence-electron chi connectivity index (χ2n) is 5.85. The zero-order chi connectivity index (χ0) is 19.3. The molecule has 0 unspecified atom stereocenters. The highest BCUT2D eigenvalue weighted by Gasteiger charge is 2.48. The van der Waals surface area contributed by atoms with Gasteiger partial charge in [-0.2, -0.15) is 5.06 Å². The molecule has 26 heavy (non-hydrogen) atoms. The van der Waals surface area contributed by atoms with Crippen molar-refractivity contribution >= 4 is 25.0 Å². The highest BCUT2D eigenvalue weighted by Crippen LogP contribution is 2.57. The van der Waals surface area contributed by atoms with Gasteiger partial charge in [0.1, 0.15) is 5.78 Å². The molecule has 144 valence electrons. The molecule has 1 aliphatic rings. The Morgan fingerprint density at radius 2 is 1.81 bits per heavy atom. The average Bonchev–Trinajstić information content (AvgIpc) is 2.98. The lowest BCUT2D eigenvalue weighted by Crippen LogP contribution is -2.28. The van der Waals surface area contributed by atoms with Gasteiger partial charge in [0.05, 0.1) is 13.2 Å². The molecule has 2 atom stereocenters. The molecule has 1 fully saturated rings. The summed E-state index contributed by atoms with van der Waals surface area (Å²) in [6, 6.07) is 6.58. The average molecular weight is 384 g/mol. The van der Waals surface area contributed by atoms with Crippen molar-refractivity contribution in [3.8, 4) is 0 Å². The first-order valence-electron chi connectivity index (χ1n) is 8.51. The fourth-order valence-corrected chi connectivity index (χ4v) is 4.76. The van der Waals surface area contributed by atoms with Crippen LogP contribution in [0.2, 0.25) is 0 Å². The molecular weight excluding hydrogens is 359 g/mol. The van der Waals surface area contributed by atoms with Crippen molar-refractivity contribution in [1.82, 2.24) is 5.06 Å². The number of amides is 1. The largest absolute Gasteiger partial charge is 0.350 e. The predicted octanol–water partition coefficient (Wildman–Crippen LogP) is 3.06. The second-order valence-corrected chi connectivity index (χ2v) is 8.05. The summed E-state index contributed by atoms with van der Waals surface area (Å²) >= 11 is 0. The lowest BCUT2D eigenvalue weighted by atomic mass is 10.1. The van der Waals surface area contributed by atoms with Crippen LogP contribution in [0.1, 0.15) is 37.6 Å². The Bertz CT molecular complexity index is 683. The third-order valence-electron chi connectivity index (χ3n) is 3.97. The number of rotatable bonds is 8. The van der Waals surface area contributed by atoms with E-state index in [0.717, 1.165) is 0 Å². The first-order chi connectivity index (χ1) is 12.3. The SMILES string of the molecule is CCOP(=O)(OCC)[C@@H]1C[C@@H](C(=O)Nc2ccc(C(C)=O)cc2)ON1C. The number of hydroxylamine groups is 2. The minimum Gasteiger partial charge on any atom is -0.324 e.